The second-order valence-corrected chi connectivity index (χ2v) is 5.48. The van der Waals surface area contributed by atoms with Crippen molar-refractivity contribution in [2.75, 3.05) is 11.9 Å². The Labute approximate surface area is 114 Å². The predicted octanol–water partition coefficient (Wildman–Crippen LogP) is 2.43. The van der Waals surface area contributed by atoms with Gasteiger partial charge in [0.2, 0.25) is 5.91 Å². The number of benzene rings is 1. The number of rotatable bonds is 2. The monoisotopic (exact) mass is 284 g/mol. The van der Waals surface area contributed by atoms with Gasteiger partial charge in [0.05, 0.1) is 11.7 Å². The molecular formula is C14H15F3N2O. The molecule has 20 heavy (non-hydrogen) atoms. The van der Waals surface area contributed by atoms with Crippen molar-refractivity contribution in [3.05, 3.63) is 29.6 Å². The van der Waals surface area contributed by atoms with E-state index in [-0.39, 0.29) is 23.6 Å². The molecule has 0 aromatic heterocycles. The third-order valence-electron chi connectivity index (χ3n) is 4.30. The van der Waals surface area contributed by atoms with Gasteiger partial charge in [-0.3, -0.25) is 4.79 Å². The summed E-state index contributed by atoms with van der Waals surface area (Å²) in [6, 6.07) is 0.727. The largest absolute Gasteiger partial charge is 0.322 e. The minimum absolute atomic E-state index is 0.253. The highest BCUT2D eigenvalue weighted by atomic mass is 19.2. The van der Waals surface area contributed by atoms with Gasteiger partial charge in [0.15, 0.2) is 11.6 Å². The van der Waals surface area contributed by atoms with Crippen molar-refractivity contribution in [3.8, 4) is 0 Å². The lowest BCUT2D eigenvalue weighted by molar-refractivity contribution is -0.118. The van der Waals surface area contributed by atoms with Crippen molar-refractivity contribution in [3.63, 3.8) is 0 Å². The zero-order valence-electron chi connectivity index (χ0n) is 10.8. The molecular weight excluding hydrogens is 269 g/mol. The van der Waals surface area contributed by atoms with E-state index in [1.807, 2.05) is 0 Å². The van der Waals surface area contributed by atoms with Gasteiger partial charge < -0.3 is 10.6 Å². The Balaban J connectivity index is 1.75. The summed E-state index contributed by atoms with van der Waals surface area (Å²) < 4.78 is 39.4. The molecule has 3 unspecified atom stereocenters. The smallest absolute Gasteiger partial charge is 0.241 e. The minimum Gasteiger partial charge on any atom is -0.322 e. The van der Waals surface area contributed by atoms with Gasteiger partial charge >= 0.3 is 0 Å². The number of anilines is 1. The van der Waals surface area contributed by atoms with E-state index in [1.54, 1.807) is 0 Å². The highest BCUT2D eigenvalue weighted by Crippen LogP contribution is 2.38. The molecule has 1 heterocycles. The Morgan fingerprint density at radius 1 is 1.15 bits per heavy atom. The highest BCUT2D eigenvalue weighted by Gasteiger charge is 2.42. The number of carbonyl (C=O) groups is 1. The molecule has 1 saturated heterocycles. The molecule has 0 bridgehead atoms. The van der Waals surface area contributed by atoms with E-state index in [9.17, 15) is 18.0 Å². The van der Waals surface area contributed by atoms with Gasteiger partial charge in [0.1, 0.15) is 5.82 Å². The van der Waals surface area contributed by atoms with Crippen LogP contribution >= 0.6 is 0 Å². The van der Waals surface area contributed by atoms with Crippen LogP contribution in [0.25, 0.3) is 0 Å². The Hall–Kier alpha value is -1.56. The van der Waals surface area contributed by atoms with Crippen LogP contribution in [0.15, 0.2) is 12.1 Å². The van der Waals surface area contributed by atoms with Crippen molar-refractivity contribution >= 4 is 11.6 Å². The average molecular weight is 284 g/mol. The first-order valence-corrected chi connectivity index (χ1v) is 6.75. The third kappa shape index (κ3) is 2.28. The van der Waals surface area contributed by atoms with Gasteiger partial charge in [-0.25, -0.2) is 13.2 Å². The number of hydrogen-bond acceptors (Lipinski definition) is 2. The van der Waals surface area contributed by atoms with E-state index in [0.717, 1.165) is 25.8 Å². The maximum absolute atomic E-state index is 13.5. The van der Waals surface area contributed by atoms with E-state index in [0.29, 0.717) is 18.1 Å². The van der Waals surface area contributed by atoms with Gasteiger partial charge in [-0.2, -0.15) is 0 Å². The number of amides is 1. The molecule has 1 amide bonds. The molecule has 2 aliphatic rings. The maximum Gasteiger partial charge on any atom is 0.241 e. The summed E-state index contributed by atoms with van der Waals surface area (Å²) >= 11 is 0. The Morgan fingerprint density at radius 3 is 2.70 bits per heavy atom. The Kier molecular flexibility index (Phi) is 3.41. The first-order chi connectivity index (χ1) is 9.56. The molecule has 3 nitrogen and oxygen atoms in total. The van der Waals surface area contributed by atoms with E-state index in [2.05, 4.69) is 10.6 Å². The third-order valence-corrected chi connectivity index (χ3v) is 4.30. The summed E-state index contributed by atoms with van der Waals surface area (Å²) in [6.07, 6.45) is 3.16. The van der Waals surface area contributed by atoms with Gasteiger partial charge in [0.25, 0.3) is 0 Å². The summed E-state index contributed by atoms with van der Waals surface area (Å²) in [7, 11) is 0. The van der Waals surface area contributed by atoms with Crippen molar-refractivity contribution in [1.82, 2.24) is 5.32 Å². The van der Waals surface area contributed by atoms with Crippen molar-refractivity contribution in [1.29, 1.82) is 0 Å². The van der Waals surface area contributed by atoms with Crippen LogP contribution in [0.5, 0.6) is 0 Å². The molecule has 2 N–H and O–H groups in total. The van der Waals surface area contributed by atoms with E-state index < -0.39 is 17.5 Å². The van der Waals surface area contributed by atoms with E-state index in [4.69, 9.17) is 0 Å². The molecule has 6 heteroatoms. The van der Waals surface area contributed by atoms with Gasteiger partial charge in [-0.15, -0.1) is 0 Å². The first-order valence-electron chi connectivity index (χ1n) is 6.75. The summed E-state index contributed by atoms with van der Waals surface area (Å²) in [4.78, 5) is 12.1. The molecule has 1 aliphatic heterocycles. The molecule has 1 saturated carbocycles. The topological polar surface area (TPSA) is 41.1 Å². The minimum atomic E-state index is -1.27. The first kappa shape index (κ1) is 13.4. The van der Waals surface area contributed by atoms with Crippen molar-refractivity contribution < 1.29 is 18.0 Å². The Bertz CT molecular complexity index is 549. The van der Waals surface area contributed by atoms with Crippen LogP contribution in [0, 0.1) is 29.3 Å². The summed E-state index contributed by atoms with van der Waals surface area (Å²) in [5, 5.41) is 5.47. The average Bonchev–Trinajstić information content (AvgIpc) is 2.97. The molecule has 108 valence electrons. The number of hydrogen-bond donors (Lipinski definition) is 2. The van der Waals surface area contributed by atoms with Gasteiger partial charge in [-0.05, 0) is 31.2 Å². The normalized spacial score (nSPS) is 28.4. The van der Waals surface area contributed by atoms with Crippen molar-refractivity contribution in [2.45, 2.75) is 25.3 Å². The zero-order valence-corrected chi connectivity index (χ0v) is 10.8. The lowest BCUT2D eigenvalue weighted by atomic mass is 9.93. The zero-order chi connectivity index (χ0) is 14.3. The number of halogens is 3. The van der Waals surface area contributed by atoms with Crippen LogP contribution in [0.3, 0.4) is 0 Å². The van der Waals surface area contributed by atoms with Crippen LogP contribution in [-0.4, -0.2) is 18.5 Å². The molecule has 0 radical (unpaired) electrons. The lowest BCUT2D eigenvalue weighted by Gasteiger charge is -2.18. The molecule has 3 atom stereocenters. The second-order valence-electron chi connectivity index (χ2n) is 5.48. The van der Waals surface area contributed by atoms with Crippen LogP contribution in [0.2, 0.25) is 0 Å². The number of carbonyl (C=O) groups excluding carboxylic acids is 1. The van der Waals surface area contributed by atoms with Crippen molar-refractivity contribution in [2.24, 2.45) is 11.8 Å². The number of nitrogens with one attached hydrogen (secondary N) is 2. The second kappa shape index (κ2) is 5.09. The molecule has 1 aliphatic carbocycles. The molecule has 1 aromatic carbocycles. The van der Waals surface area contributed by atoms with Crippen LogP contribution in [0.1, 0.15) is 19.3 Å². The summed E-state index contributed by atoms with van der Waals surface area (Å²) in [5.74, 6) is -3.07. The van der Waals surface area contributed by atoms with Gasteiger partial charge in [0, 0.05) is 12.1 Å². The fraction of sp³-hybridized carbons (Fsp3) is 0.500. The standard InChI is InChI=1S/C14H15F3N2O/c15-9-4-11(17)12(5-10(9)16)19-14(20)13-8-3-1-2-7(8)6-18-13/h4-5,7-8,13,18H,1-3,6H2,(H,19,20). The van der Waals surface area contributed by atoms with E-state index >= 15 is 0 Å². The van der Waals surface area contributed by atoms with Crippen LogP contribution in [0.4, 0.5) is 18.9 Å². The highest BCUT2D eigenvalue weighted by molar-refractivity contribution is 5.95. The quantitative estimate of drug-likeness (QED) is 0.819. The summed E-state index contributed by atoms with van der Waals surface area (Å²) in [5.41, 5.74) is -0.322. The summed E-state index contributed by atoms with van der Waals surface area (Å²) in [6.45, 7) is 0.781. The molecule has 3 rings (SSSR count). The predicted molar refractivity (Wildman–Crippen MR) is 67.6 cm³/mol. The fourth-order valence-corrected chi connectivity index (χ4v) is 3.30. The molecule has 0 spiro atoms. The van der Waals surface area contributed by atoms with Crippen LogP contribution in [-0.2, 0) is 4.79 Å². The molecule has 2 fully saturated rings. The fourth-order valence-electron chi connectivity index (χ4n) is 3.30. The SMILES string of the molecule is O=C(Nc1cc(F)c(F)cc1F)C1NCC2CCCC21. The van der Waals surface area contributed by atoms with Crippen LogP contribution < -0.4 is 10.6 Å². The number of fused-ring (bicyclic) bond motifs is 1. The Morgan fingerprint density at radius 2 is 1.90 bits per heavy atom. The lowest BCUT2D eigenvalue weighted by Crippen LogP contribution is -2.40. The molecule has 1 aromatic rings. The van der Waals surface area contributed by atoms with Gasteiger partial charge in [-0.1, -0.05) is 6.42 Å². The maximum atomic E-state index is 13.5. The van der Waals surface area contributed by atoms with E-state index in [1.165, 1.54) is 0 Å².